The maximum Gasteiger partial charge on any atom is 0.0681 e. The molecule has 1 fully saturated rings. The second kappa shape index (κ2) is 5.52. The van der Waals surface area contributed by atoms with Gasteiger partial charge in [-0.25, -0.2) is 0 Å². The normalized spacial score (nSPS) is 22.5. The van der Waals surface area contributed by atoms with E-state index in [-0.39, 0.29) is 6.61 Å². The van der Waals surface area contributed by atoms with Gasteiger partial charge in [0.15, 0.2) is 0 Å². The molecule has 0 bridgehead atoms. The number of aliphatic hydroxyl groups excluding tert-OH is 1. The highest BCUT2D eigenvalue weighted by Crippen LogP contribution is 2.20. The fourth-order valence-electron chi connectivity index (χ4n) is 2.55. The first-order valence-electron chi connectivity index (χ1n) is 6.35. The van der Waals surface area contributed by atoms with Crippen LogP contribution in [0.25, 0.3) is 0 Å². The molecule has 3 heteroatoms. The quantitative estimate of drug-likeness (QED) is 0.844. The average Bonchev–Trinajstić information content (AvgIpc) is 2.50. The number of hydrogen-bond donors (Lipinski definition) is 1. The van der Waals surface area contributed by atoms with Gasteiger partial charge >= 0.3 is 0 Å². The van der Waals surface area contributed by atoms with Crippen molar-refractivity contribution in [2.24, 2.45) is 0 Å². The van der Waals surface area contributed by atoms with Crippen LogP contribution in [0, 0.1) is 0 Å². The number of likely N-dealkylation sites (N-methyl/N-ethyl adjacent to an activating group) is 1. The van der Waals surface area contributed by atoms with Crippen molar-refractivity contribution in [1.29, 1.82) is 0 Å². The predicted molar refractivity (Wildman–Crippen MR) is 71.3 cm³/mol. The maximum absolute atomic E-state index is 9.05. The van der Waals surface area contributed by atoms with Gasteiger partial charge in [-0.2, -0.15) is 0 Å². The molecule has 1 aromatic rings. The lowest BCUT2D eigenvalue weighted by atomic mass is 10.1. The van der Waals surface area contributed by atoms with Crippen LogP contribution in [-0.4, -0.2) is 42.7 Å². The maximum atomic E-state index is 9.05. The fourth-order valence-corrected chi connectivity index (χ4v) is 2.55. The lowest BCUT2D eigenvalue weighted by Gasteiger charge is -2.30. The van der Waals surface area contributed by atoms with Gasteiger partial charge in [-0.3, -0.25) is 0 Å². The summed E-state index contributed by atoms with van der Waals surface area (Å²) in [7, 11) is 2.19. The van der Waals surface area contributed by atoms with Crippen molar-refractivity contribution in [2.45, 2.75) is 26.0 Å². The largest absolute Gasteiger partial charge is 0.392 e. The molecule has 1 atom stereocenters. The first-order chi connectivity index (χ1) is 8.20. The van der Waals surface area contributed by atoms with Crippen LogP contribution in [0.2, 0.25) is 0 Å². The van der Waals surface area contributed by atoms with E-state index in [9.17, 15) is 0 Å². The topological polar surface area (TPSA) is 26.7 Å². The Morgan fingerprint density at radius 3 is 2.59 bits per heavy atom. The van der Waals surface area contributed by atoms with E-state index in [0.29, 0.717) is 6.04 Å². The second-order valence-corrected chi connectivity index (χ2v) is 4.98. The number of benzene rings is 1. The summed E-state index contributed by atoms with van der Waals surface area (Å²) < 4.78 is 0. The molecule has 3 nitrogen and oxygen atoms in total. The van der Waals surface area contributed by atoms with E-state index >= 15 is 0 Å². The van der Waals surface area contributed by atoms with E-state index < -0.39 is 0 Å². The van der Waals surface area contributed by atoms with Gasteiger partial charge in [-0.15, -0.1) is 0 Å². The van der Waals surface area contributed by atoms with Crippen LogP contribution in [0.1, 0.15) is 18.9 Å². The number of aliphatic hydroxyl groups is 1. The average molecular weight is 234 g/mol. The molecule has 1 aromatic carbocycles. The number of nitrogens with zero attached hydrogens (tertiary/aromatic N) is 2. The predicted octanol–water partition coefficient (Wildman–Crippen LogP) is 1.71. The summed E-state index contributed by atoms with van der Waals surface area (Å²) in [5.74, 6) is 0. The first kappa shape index (κ1) is 12.4. The van der Waals surface area contributed by atoms with Crippen LogP contribution >= 0.6 is 0 Å². The molecule has 0 saturated carbocycles. The van der Waals surface area contributed by atoms with E-state index in [1.54, 1.807) is 0 Å². The molecule has 1 saturated heterocycles. The third-order valence-corrected chi connectivity index (χ3v) is 3.50. The monoisotopic (exact) mass is 234 g/mol. The summed E-state index contributed by atoms with van der Waals surface area (Å²) in [6.45, 7) is 5.81. The Labute approximate surface area is 104 Å². The third-order valence-electron chi connectivity index (χ3n) is 3.50. The number of rotatable bonds is 2. The summed E-state index contributed by atoms with van der Waals surface area (Å²) in [5.41, 5.74) is 2.25. The van der Waals surface area contributed by atoms with E-state index in [4.69, 9.17) is 5.11 Å². The molecule has 1 N–H and O–H groups in total. The molecule has 94 valence electrons. The summed E-state index contributed by atoms with van der Waals surface area (Å²) in [4.78, 5) is 4.86. The Balaban J connectivity index is 2.13. The molecule has 0 spiro atoms. The smallest absolute Gasteiger partial charge is 0.0681 e. The van der Waals surface area contributed by atoms with E-state index in [1.807, 2.05) is 12.1 Å². The molecule has 0 amide bonds. The van der Waals surface area contributed by atoms with E-state index in [0.717, 1.165) is 18.7 Å². The highest BCUT2D eigenvalue weighted by Gasteiger charge is 2.19. The molecule has 1 heterocycles. The van der Waals surface area contributed by atoms with Gasteiger partial charge in [0.1, 0.15) is 0 Å². The highest BCUT2D eigenvalue weighted by atomic mass is 16.3. The van der Waals surface area contributed by atoms with Crippen molar-refractivity contribution in [3.63, 3.8) is 0 Å². The molecule has 1 aliphatic rings. The molecular weight excluding hydrogens is 212 g/mol. The Morgan fingerprint density at radius 2 is 1.94 bits per heavy atom. The minimum Gasteiger partial charge on any atom is -0.392 e. The van der Waals surface area contributed by atoms with Gasteiger partial charge in [0.05, 0.1) is 6.61 Å². The zero-order valence-corrected chi connectivity index (χ0v) is 10.8. The van der Waals surface area contributed by atoms with Crippen LogP contribution in [0.15, 0.2) is 24.3 Å². The standard InChI is InChI=1S/C14H22N2O/c1-12-10-15(2)8-3-9-16(12)14-6-4-13(11-17)5-7-14/h4-7,12,17H,3,8-11H2,1-2H3. The van der Waals surface area contributed by atoms with Crippen molar-refractivity contribution < 1.29 is 5.11 Å². The summed E-state index contributed by atoms with van der Waals surface area (Å²) in [6, 6.07) is 8.80. The van der Waals surface area contributed by atoms with Gasteiger partial charge < -0.3 is 14.9 Å². The van der Waals surface area contributed by atoms with Crippen molar-refractivity contribution in [3.05, 3.63) is 29.8 Å². The highest BCUT2D eigenvalue weighted by molar-refractivity contribution is 5.48. The molecule has 0 aliphatic carbocycles. The molecule has 0 aromatic heterocycles. The minimum atomic E-state index is 0.124. The molecule has 17 heavy (non-hydrogen) atoms. The van der Waals surface area contributed by atoms with Crippen LogP contribution in [0.4, 0.5) is 5.69 Å². The minimum absolute atomic E-state index is 0.124. The van der Waals surface area contributed by atoms with Gasteiger partial charge in [0, 0.05) is 24.8 Å². The first-order valence-corrected chi connectivity index (χ1v) is 6.35. The molecule has 0 radical (unpaired) electrons. The fraction of sp³-hybridized carbons (Fsp3) is 0.571. The summed E-state index contributed by atoms with van der Waals surface area (Å²) in [5, 5.41) is 9.05. The number of anilines is 1. The van der Waals surface area contributed by atoms with Gasteiger partial charge in [-0.1, -0.05) is 12.1 Å². The molecule has 1 unspecified atom stereocenters. The zero-order valence-electron chi connectivity index (χ0n) is 10.8. The Bertz CT molecular complexity index is 350. The lowest BCUT2D eigenvalue weighted by Crippen LogP contribution is -2.37. The number of hydrogen-bond acceptors (Lipinski definition) is 3. The Hall–Kier alpha value is -1.06. The van der Waals surface area contributed by atoms with Crippen LogP contribution in [0.5, 0.6) is 0 Å². The molecule has 1 aliphatic heterocycles. The molecular formula is C14H22N2O. The van der Waals surface area contributed by atoms with Gasteiger partial charge in [-0.05, 0) is 44.6 Å². The van der Waals surface area contributed by atoms with Crippen LogP contribution in [0.3, 0.4) is 0 Å². The van der Waals surface area contributed by atoms with Gasteiger partial charge in [0.25, 0.3) is 0 Å². The van der Waals surface area contributed by atoms with Crippen molar-refractivity contribution in [3.8, 4) is 0 Å². The Morgan fingerprint density at radius 1 is 1.24 bits per heavy atom. The second-order valence-electron chi connectivity index (χ2n) is 4.98. The third kappa shape index (κ3) is 2.99. The van der Waals surface area contributed by atoms with Crippen LogP contribution < -0.4 is 4.90 Å². The van der Waals surface area contributed by atoms with Crippen molar-refractivity contribution in [1.82, 2.24) is 4.90 Å². The Kier molecular flexibility index (Phi) is 4.02. The van der Waals surface area contributed by atoms with Crippen molar-refractivity contribution in [2.75, 3.05) is 31.6 Å². The molecule has 2 rings (SSSR count). The van der Waals surface area contributed by atoms with Crippen molar-refractivity contribution >= 4 is 5.69 Å². The van der Waals surface area contributed by atoms with E-state index in [2.05, 4.69) is 35.9 Å². The zero-order chi connectivity index (χ0) is 12.3. The summed E-state index contributed by atoms with van der Waals surface area (Å²) in [6.07, 6.45) is 1.21. The summed E-state index contributed by atoms with van der Waals surface area (Å²) >= 11 is 0. The SMILES string of the molecule is CC1CN(C)CCCN1c1ccc(CO)cc1. The lowest BCUT2D eigenvalue weighted by molar-refractivity contribution is 0.282. The van der Waals surface area contributed by atoms with Crippen LogP contribution in [-0.2, 0) is 6.61 Å². The van der Waals surface area contributed by atoms with E-state index in [1.165, 1.54) is 18.7 Å². The van der Waals surface area contributed by atoms with Gasteiger partial charge in [0.2, 0.25) is 0 Å².